The largest absolute Gasteiger partial charge is 0.507 e. The zero-order chi connectivity index (χ0) is 13.8. The highest BCUT2D eigenvalue weighted by Gasteiger charge is 2.09. The van der Waals surface area contributed by atoms with Gasteiger partial charge in [0.2, 0.25) is 0 Å². The van der Waals surface area contributed by atoms with Gasteiger partial charge in [-0.25, -0.2) is 0 Å². The molecule has 19 heavy (non-hydrogen) atoms. The lowest BCUT2D eigenvalue weighted by atomic mass is 10.1. The predicted molar refractivity (Wildman–Crippen MR) is 74.0 cm³/mol. The first-order chi connectivity index (χ1) is 9.10. The van der Waals surface area contributed by atoms with E-state index in [1.807, 2.05) is 19.1 Å². The Balaban J connectivity index is 2.14. The van der Waals surface area contributed by atoms with Crippen molar-refractivity contribution < 1.29 is 14.6 Å². The fourth-order valence-electron chi connectivity index (χ4n) is 1.70. The smallest absolute Gasteiger partial charge is 0.153 e. The Kier molecular flexibility index (Phi) is 4.07. The van der Waals surface area contributed by atoms with Gasteiger partial charge in [0.15, 0.2) is 6.29 Å². The second kappa shape index (κ2) is 5.76. The highest BCUT2D eigenvalue weighted by molar-refractivity contribution is 6.30. The molecule has 3 nitrogen and oxygen atoms in total. The first-order valence-electron chi connectivity index (χ1n) is 5.80. The fraction of sp³-hybridized carbons (Fsp3) is 0.133. The van der Waals surface area contributed by atoms with Crippen LogP contribution in [-0.4, -0.2) is 11.4 Å². The van der Waals surface area contributed by atoms with Crippen LogP contribution in [-0.2, 0) is 0 Å². The molecule has 1 unspecified atom stereocenters. The minimum absolute atomic E-state index is 0.0872. The summed E-state index contributed by atoms with van der Waals surface area (Å²) in [5.74, 6) is 0.418. The van der Waals surface area contributed by atoms with Crippen LogP contribution in [0.2, 0.25) is 5.02 Å². The van der Waals surface area contributed by atoms with Crippen molar-refractivity contribution >= 4 is 17.9 Å². The number of halogens is 1. The molecule has 0 amide bonds. The lowest BCUT2D eigenvalue weighted by Crippen LogP contribution is -2.02. The van der Waals surface area contributed by atoms with E-state index in [2.05, 4.69) is 0 Å². The quantitative estimate of drug-likeness (QED) is 0.859. The number of hydrogen-bond donors (Lipinski definition) is 1. The van der Waals surface area contributed by atoms with E-state index in [1.54, 1.807) is 18.2 Å². The van der Waals surface area contributed by atoms with Crippen molar-refractivity contribution in [3.8, 4) is 11.5 Å². The van der Waals surface area contributed by atoms with Crippen LogP contribution in [0.15, 0.2) is 42.5 Å². The number of aldehydes is 1. The first kappa shape index (κ1) is 13.4. The molecule has 0 aromatic heterocycles. The molecule has 1 atom stereocenters. The first-order valence-corrected chi connectivity index (χ1v) is 6.18. The van der Waals surface area contributed by atoms with Gasteiger partial charge in [-0.1, -0.05) is 23.7 Å². The van der Waals surface area contributed by atoms with Crippen molar-refractivity contribution in [3.05, 3.63) is 58.6 Å². The second-order valence-electron chi connectivity index (χ2n) is 4.15. The van der Waals surface area contributed by atoms with Gasteiger partial charge in [0, 0.05) is 11.1 Å². The van der Waals surface area contributed by atoms with Crippen LogP contribution in [0.4, 0.5) is 0 Å². The molecule has 0 fully saturated rings. The summed E-state index contributed by atoms with van der Waals surface area (Å²) in [6.45, 7) is 1.90. The normalized spacial score (nSPS) is 11.9. The van der Waals surface area contributed by atoms with Crippen molar-refractivity contribution in [2.75, 3.05) is 0 Å². The Morgan fingerprint density at radius 2 is 1.89 bits per heavy atom. The molecule has 0 saturated heterocycles. The van der Waals surface area contributed by atoms with Crippen molar-refractivity contribution in [2.45, 2.75) is 13.0 Å². The third-order valence-electron chi connectivity index (χ3n) is 2.78. The van der Waals surface area contributed by atoms with E-state index in [0.717, 1.165) is 5.56 Å². The number of carbonyl (C=O) groups is 1. The van der Waals surface area contributed by atoms with Gasteiger partial charge in [0.1, 0.15) is 17.6 Å². The van der Waals surface area contributed by atoms with E-state index in [9.17, 15) is 9.90 Å². The van der Waals surface area contributed by atoms with Crippen molar-refractivity contribution in [2.24, 2.45) is 0 Å². The minimum atomic E-state index is -0.182. The molecular formula is C15H13ClO3. The molecule has 2 aromatic rings. The highest BCUT2D eigenvalue weighted by atomic mass is 35.5. The van der Waals surface area contributed by atoms with Crippen LogP contribution in [0.25, 0.3) is 0 Å². The number of benzene rings is 2. The van der Waals surface area contributed by atoms with Crippen LogP contribution in [0.1, 0.15) is 28.9 Å². The van der Waals surface area contributed by atoms with Crippen molar-refractivity contribution in [3.63, 3.8) is 0 Å². The van der Waals surface area contributed by atoms with E-state index in [-0.39, 0.29) is 17.4 Å². The molecule has 0 heterocycles. The molecule has 0 aliphatic rings. The van der Waals surface area contributed by atoms with Gasteiger partial charge < -0.3 is 9.84 Å². The topological polar surface area (TPSA) is 46.5 Å². The number of hydrogen-bond acceptors (Lipinski definition) is 3. The predicted octanol–water partition coefficient (Wildman–Crippen LogP) is 4.00. The summed E-state index contributed by atoms with van der Waals surface area (Å²) < 4.78 is 5.70. The molecule has 0 spiro atoms. The van der Waals surface area contributed by atoms with E-state index in [1.165, 1.54) is 12.1 Å². The average Bonchev–Trinajstić information content (AvgIpc) is 2.39. The average molecular weight is 277 g/mol. The van der Waals surface area contributed by atoms with Crippen LogP contribution in [0.3, 0.4) is 0 Å². The molecule has 0 bridgehead atoms. The maximum atomic E-state index is 10.6. The Hall–Kier alpha value is -2.00. The summed E-state index contributed by atoms with van der Waals surface area (Å²) in [6, 6.07) is 11.9. The fourth-order valence-corrected chi connectivity index (χ4v) is 1.83. The maximum Gasteiger partial charge on any atom is 0.153 e. The van der Waals surface area contributed by atoms with Gasteiger partial charge in [-0.3, -0.25) is 4.79 Å². The van der Waals surface area contributed by atoms with E-state index >= 15 is 0 Å². The molecule has 0 aliphatic heterocycles. The number of carbonyl (C=O) groups excluding carboxylic acids is 1. The summed E-state index contributed by atoms with van der Waals surface area (Å²) in [5, 5.41) is 10.3. The Morgan fingerprint density at radius 3 is 2.47 bits per heavy atom. The van der Waals surface area contributed by atoms with Gasteiger partial charge in [-0.05, 0) is 36.8 Å². The Labute approximate surface area is 116 Å². The molecule has 1 N–H and O–H groups in total. The number of phenolic OH excluding ortho intramolecular Hbond substituents is 1. The van der Waals surface area contributed by atoms with Gasteiger partial charge in [0.25, 0.3) is 0 Å². The standard InChI is InChI=1S/C15H13ClO3/c1-10(11-2-5-13(16)6-3-11)19-14-7-4-12(9-17)15(18)8-14/h2-10,18H,1H3. The minimum Gasteiger partial charge on any atom is -0.507 e. The summed E-state index contributed by atoms with van der Waals surface area (Å²) in [5.41, 5.74) is 1.22. The lowest BCUT2D eigenvalue weighted by molar-refractivity contribution is 0.112. The van der Waals surface area contributed by atoms with Crippen LogP contribution in [0, 0.1) is 0 Å². The molecule has 98 valence electrons. The molecular weight excluding hydrogens is 264 g/mol. The zero-order valence-electron chi connectivity index (χ0n) is 10.3. The third-order valence-corrected chi connectivity index (χ3v) is 3.03. The van der Waals surface area contributed by atoms with Gasteiger partial charge in [-0.15, -0.1) is 0 Å². The number of rotatable bonds is 4. The summed E-state index contributed by atoms with van der Waals surface area (Å²) in [7, 11) is 0. The Bertz CT molecular complexity index is 578. The summed E-state index contributed by atoms with van der Waals surface area (Å²) in [6.07, 6.45) is 0.417. The molecule has 4 heteroatoms. The summed E-state index contributed by atoms with van der Waals surface area (Å²) in [4.78, 5) is 10.6. The van der Waals surface area contributed by atoms with Gasteiger partial charge in [-0.2, -0.15) is 0 Å². The van der Waals surface area contributed by atoms with E-state index in [4.69, 9.17) is 16.3 Å². The number of phenols is 1. The Morgan fingerprint density at radius 1 is 1.21 bits per heavy atom. The van der Waals surface area contributed by atoms with E-state index in [0.29, 0.717) is 17.1 Å². The van der Waals surface area contributed by atoms with E-state index < -0.39 is 0 Å². The lowest BCUT2D eigenvalue weighted by Gasteiger charge is -2.15. The maximum absolute atomic E-state index is 10.6. The number of aromatic hydroxyl groups is 1. The number of ether oxygens (including phenoxy) is 1. The second-order valence-corrected chi connectivity index (χ2v) is 4.59. The zero-order valence-corrected chi connectivity index (χ0v) is 11.1. The highest BCUT2D eigenvalue weighted by Crippen LogP contribution is 2.27. The van der Waals surface area contributed by atoms with Crippen molar-refractivity contribution in [1.82, 2.24) is 0 Å². The SMILES string of the molecule is CC(Oc1ccc(C=O)c(O)c1)c1ccc(Cl)cc1. The molecule has 0 saturated carbocycles. The summed E-state index contributed by atoms with van der Waals surface area (Å²) >= 11 is 5.82. The monoisotopic (exact) mass is 276 g/mol. The molecule has 2 aromatic carbocycles. The van der Waals surface area contributed by atoms with Crippen molar-refractivity contribution in [1.29, 1.82) is 0 Å². The molecule has 0 aliphatic carbocycles. The molecule has 0 radical (unpaired) electrons. The molecule has 2 rings (SSSR count). The van der Waals surface area contributed by atoms with Gasteiger partial charge >= 0.3 is 0 Å². The van der Waals surface area contributed by atoms with Gasteiger partial charge in [0.05, 0.1) is 5.56 Å². The van der Waals surface area contributed by atoms with Crippen LogP contribution >= 0.6 is 11.6 Å². The third kappa shape index (κ3) is 3.26. The van der Waals surface area contributed by atoms with Crippen LogP contribution in [0.5, 0.6) is 11.5 Å². The van der Waals surface area contributed by atoms with Crippen LogP contribution < -0.4 is 4.74 Å².